The molecule has 1 aliphatic rings. The molecular weight excluding hydrogens is 321 g/mol. The molecule has 0 heterocycles. The molecule has 5 heteroatoms. The number of nitrogens with one attached hydrogen (secondary N) is 1. The van der Waals surface area contributed by atoms with Crippen LogP contribution in [0.25, 0.3) is 0 Å². The summed E-state index contributed by atoms with van der Waals surface area (Å²) in [6.45, 7) is 0.379. The van der Waals surface area contributed by atoms with Crippen LogP contribution in [0.4, 0.5) is 0 Å². The minimum atomic E-state index is -0.338. The van der Waals surface area contributed by atoms with Crippen molar-refractivity contribution in [1.82, 2.24) is 5.32 Å². The standard InChI is InChI=1S/C17H11Cl2NO2/c18-11-7-5-10(6-8-11)9-20-15-14(19)16(21)12-3-1-2-4-13(12)17(15)22/h1-8,20H,9H2. The molecule has 110 valence electrons. The zero-order valence-corrected chi connectivity index (χ0v) is 12.9. The first-order valence-electron chi connectivity index (χ1n) is 6.64. The summed E-state index contributed by atoms with van der Waals surface area (Å²) in [6, 6.07) is 13.9. The zero-order chi connectivity index (χ0) is 15.7. The molecule has 3 nitrogen and oxygen atoms in total. The van der Waals surface area contributed by atoms with Crippen LogP contribution in [0.15, 0.2) is 59.3 Å². The molecule has 0 atom stereocenters. The Morgan fingerprint density at radius 3 is 2.05 bits per heavy atom. The Morgan fingerprint density at radius 2 is 1.41 bits per heavy atom. The number of halogens is 2. The Balaban J connectivity index is 1.87. The average Bonchev–Trinajstić information content (AvgIpc) is 2.54. The molecule has 0 fully saturated rings. The van der Waals surface area contributed by atoms with E-state index in [0.717, 1.165) is 5.56 Å². The molecule has 2 aromatic rings. The number of rotatable bonds is 3. The SMILES string of the molecule is O=C1C(Cl)=C(NCc2ccc(Cl)cc2)C(=O)c2ccccc21. The van der Waals surface area contributed by atoms with Crippen LogP contribution in [0.5, 0.6) is 0 Å². The first-order valence-corrected chi connectivity index (χ1v) is 7.40. The molecule has 0 saturated carbocycles. The van der Waals surface area contributed by atoms with Gasteiger partial charge in [-0.25, -0.2) is 0 Å². The second kappa shape index (κ2) is 5.95. The summed E-state index contributed by atoms with van der Waals surface area (Å²) in [5, 5.41) is 3.53. The van der Waals surface area contributed by atoms with E-state index in [2.05, 4.69) is 5.32 Å². The van der Waals surface area contributed by atoms with Crippen LogP contribution in [0.1, 0.15) is 26.3 Å². The van der Waals surface area contributed by atoms with Crippen LogP contribution in [-0.4, -0.2) is 11.6 Å². The quantitative estimate of drug-likeness (QED) is 0.925. The molecule has 0 aliphatic heterocycles. The molecule has 0 bridgehead atoms. The van der Waals surface area contributed by atoms with Crippen molar-refractivity contribution in [2.45, 2.75) is 6.54 Å². The van der Waals surface area contributed by atoms with Gasteiger partial charge in [-0.1, -0.05) is 59.6 Å². The highest BCUT2D eigenvalue weighted by Gasteiger charge is 2.30. The van der Waals surface area contributed by atoms with Gasteiger partial charge in [-0.15, -0.1) is 0 Å². The topological polar surface area (TPSA) is 46.2 Å². The van der Waals surface area contributed by atoms with Gasteiger partial charge < -0.3 is 5.32 Å². The molecule has 22 heavy (non-hydrogen) atoms. The van der Waals surface area contributed by atoms with E-state index in [-0.39, 0.29) is 22.3 Å². The molecule has 0 aromatic heterocycles. The number of ketones is 2. The first-order chi connectivity index (χ1) is 10.6. The first kappa shape index (κ1) is 14.8. The lowest BCUT2D eigenvalue weighted by Gasteiger charge is -2.18. The van der Waals surface area contributed by atoms with Crippen molar-refractivity contribution >= 4 is 34.8 Å². The van der Waals surface area contributed by atoms with E-state index in [0.29, 0.717) is 22.7 Å². The number of Topliss-reactive ketones (excluding diaryl/α,β-unsaturated/α-hetero) is 2. The highest BCUT2D eigenvalue weighted by molar-refractivity contribution is 6.49. The van der Waals surface area contributed by atoms with Crippen LogP contribution in [0, 0.1) is 0 Å². The third-order valence-corrected chi connectivity index (χ3v) is 4.06. The summed E-state index contributed by atoms with van der Waals surface area (Å²) in [4.78, 5) is 24.7. The van der Waals surface area contributed by atoms with E-state index in [4.69, 9.17) is 23.2 Å². The van der Waals surface area contributed by atoms with Crippen LogP contribution in [0.2, 0.25) is 5.02 Å². The fourth-order valence-electron chi connectivity index (χ4n) is 2.30. The lowest BCUT2D eigenvalue weighted by Crippen LogP contribution is -2.28. The second-order valence-corrected chi connectivity index (χ2v) is 5.69. The number of fused-ring (bicyclic) bond motifs is 1. The predicted octanol–water partition coefficient (Wildman–Crippen LogP) is 3.96. The van der Waals surface area contributed by atoms with Crippen molar-refractivity contribution in [3.8, 4) is 0 Å². The van der Waals surface area contributed by atoms with Crippen molar-refractivity contribution in [2.75, 3.05) is 0 Å². The van der Waals surface area contributed by atoms with E-state index in [9.17, 15) is 9.59 Å². The fraction of sp³-hybridized carbons (Fsp3) is 0.0588. The molecule has 0 amide bonds. The highest BCUT2D eigenvalue weighted by atomic mass is 35.5. The van der Waals surface area contributed by atoms with Gasteiger partial charge in [-0.2, -0.15) is 0 Å². The van der Waals surface area contributed by atoms with Crippen molar-refractivity contribution in [2.24, 2.45) is 0 Å². The molecule has 2 aromatic carbocycles. The normalized spacial score (nSPS) is 14.1. The van der Waals surface area contributed by atoms with E-state index >= 15 is 0 Å². The summed E-state index contributed by atoms with van der Waals surface area (Å²) < 4.78 is 0. The van der Waals surface area contributed by atoms with Gasteiger partial charge >= 0.3 is 0 Å². The second-order valence-electron chi connectivity index (χ2n) is 4.87. The molecular formula is C17H11Cl2NO2. The number of carbonyl (C=O) groups is 2. The van der Waals surface area contributed by atoms with E-state index in [1.54, 1.807) is 36.4 Å². The highest BCUT2D eigenvalue weighted by Crippen LogP contribution is 2.27. The van der Waals surface area contributed by atoms with Crippen molar-refractivity contribution in [1.29, 1.82) is 0 Å². The number of carbonyl (C=O) groups excluding carboxylic acids is 2. The molecule has 0 spiro atoms. The van der Waals surface area contributed by atoms with Gasteiger partial charge in [-0.3, -0.25) is 9.59 Å². The smallest absolute Gasteiger partial charge is 0.211 e. The largest absolute Gasteiger partial charge is 0.376 e. The Bertz CT molecular complexity index is 795. The lowest BCUT2D eigenvalue weighted by atomic mass is 9.92. The molecule has 0 unspecified atom stereocenters. The number of hydrogen-bond acceptors (Lipinski definition) is 3. The molecule has 1 aliphatic carbocycles. The van der Waals surface area contributed by atoms with E-state index in [1.807, 2.05) is 12.1 Å². The summed E-state index contributed by atoms with van der Waals surface area (Å²) in [5.74, 6) is -0.607. The average molecular weight is 332 g/mol. The van der Waals surface area contributed by atoms with Crippen LogP contribution >= 0.6 is 23.2 Å². The Hall–Kier alpha value is -2.10. The van der Waals surface area contributed by atoms with Gasteiger partial charge in [-0.05, 0) is 17.7 Å². The van der Waals surface area contributed by atoms with E-state index < -0.39 is 0 Å². The lowest BCUT2D eigenvalue weighted by molar-refractivity contribution is 0.0974. The number of allylic oxidation sites excluding steroid dienone is 2. The summed E-state index contributed by atoms with van der Waals surface area (Å²) in [5.41, 5.74) is 1.78. The van der Waals surface area contributed by atoms with E-state index in [1.165, 1.54) is 0 Å². The maximum absolute atomic E-state index is 12.5. The Morgan fingerprint density at radius 1 is 0.818 bits per heavy atom. The van der Waals surface area contributed by atoms with Crippen molar-refractivity contribution in [3.05, 3.63) is 81.0 Å². The van der Waals surface area contributed by atoms with Gasteiger partial charge in [0, 0.05) is 22.7 Å². The Kier molecular flexibility index (Phi) is 4.01. The van der Waals surface area contributed by atoms with Crippen molar-refractivity contribution in [3.63, 3.8) is 0 Å². The molecule has 3 rings (SSSR count). The third-order valence-electron chi connectivity index (χ3n) is 3.44. The molecule has 0 saturated heterocycles. The maximum atomic E-state index is 12.5. The minimum Gasteiger partial charge on any atom is -0.376 e. The number of benzene rings is 2. The van der Waals surface area contributed by atoms with Gasteiger partial charge in [0.05, 0.1) is 0 Å². The molecule has 0 radical (unpaired) electrons. The Labute approximate surface area is 137 Å². The van der Waals surface area contributed by atoms with Crippen LogP contribution in [-0.2, 0) is 6.54 Å². The van der Waals surface area contributed by atoms with Crippen LogP contribution < -0.4 is 5.32 Å². The van der Waals surface area contributed by atoms with Crippen LogP contribution in [0.3, 0.4) is 0 Å². The summed E-state index contributed by atoms with van der Waals surface area (Å²) in [7, 11) is 0. The minimum absolute atomic E-state index is 0.0716. The fourth-order valence-corrected chi connectivity index (χ4v) is 2.68. The maximum Gasteiger partial charge on any atom is 0.211 e. The third kappa shape index (κ3) is 2.65. The zero-order valence-electron chi connectivity index (χ0n) is 11.4. The van der Waals surface area contributed by atoms with Gasteiger partial charge in [0.15, 0.2) is 0 Å². The monoisotopic (exact) mass is 331 g/mol. The van der Waals surface area contributed by atoms with Gasteiger partial charge in [0.25, 0.3) is 0 Å². The summed E-state index contributed by atoms with van der Waals surface area (Å²) >= 11 is 11.9. The van der Waals surface area contributed by atoms with Gasteiger partial charge in [0.1, 0.15) is 10.7 Å². The number of hydrogen-bond donors (Lipinski definition) is 1. The molecule has 1 N–H and O–H groups in total. The predicted molar refractivity (Wildman–Crippen MR) is 86.3 cm³/mol. The summed E-state index contributed by atoms with van der Waals surface area (Å²) in [6.07, 6.45) is 0. The van der Waals surface area contributed by atoms with Crippen molar-refractivity contribution < 1.29 is 9.59 Å². The van der Waals surface area contributed by atoms with Gasteiger partial charge in [0.2, 0.25) is 11.6 Å².